The van der Waals surface area contributed by atoms with E-state index < -0.39 is 0 Å². The molecule has 1 heterocycles. The average Bonchev–Trinajstić information content (AvgIpc) is 2.05. The molecule has 11 heavy (non-hydrogen) atoms. The minimum Gasteiger partial charge on any atom is -0.481 e. The molecule has 0 spiro atoms. The van der Waals surface area contributed by atoms with E-state index in [2.05, 4.69) is 20.9 Å². The number of nitrogens with zero attached hydrogens (tertiary/aromatic N) is 2. The number of nitriles is 1. The van der Waals surface area contributed by atoms with Gasteiger partial charge in [-0.15, -0.1) is 0 Å². The smallest absolute Gasteiger partial charge is 0.214 e. The number of rotatable bonds is 1. The Kier molecular flexibility index (Phi) is 2.44. The summed E-state index contributed by atoms with van der Waals surface area (Å²) in [7, 11) is 1.51. The van der Waals surface area contributed by atoms with Crippen molar-refractivity contribution in [3.63, 3.8) is 0 Å². The maximum atomic E-state index is 8.58. The molecule has 0 unspecified atom stereocenters. The summed E-state index contributed by atoms with van der Waals surface area (Å²) < 4.78 is 5.51. The fourth-order valence-corrected chi connectivity index (χ4v) is 0.922. The number of methoxy groups -OCH3 is 1. The van der Waals surface area contributed by atoms with Crippen LogP contribution in [-0.4, -0.2) is 12.1 Å². The van der Waals surface area contributed by atoms with Crippen molar-refractivity contribution in [3.8, 4) is 11.9 Å². The molecule has 0 radical (unpaired) electrons. The Morgan fingerprint density at radius 2 is 2.45 bits per heavy atom. The summed E-state index contributed by atoms with van der Waals surface area (Å²) in [6.45, 7) is 0. The molecule has 0 saturated carbocycles. The van der Waals surface area contributed by atoms with Crippen LogP contribution in [0.15, 0.2) is 16.7 Å². The maximum absolute atomic E-state index is 8.58. The normalized spacial score (nSPS) is 8.82. The van der Waals surface area contributed by atoms with Gasteiger partial charge in [0, 0.05) is 12.3 Å². The summed E-state index contributed by atoms with van der Waals surface area (Å²) in [5.41, 5.74) is 0.525. The van der Waals surface area contributed by atoms with Crippen molar-refractivity contribution >= 4 is 15.9 Å². The lowest BCUT2D eigenvalue weighted by atomic mass is 10.3. The minimum absolute atomic E-state index is 0.449. The molecule has 0 fully saturated rings. The lowest BCUT2D eigenvalue weighted by Crippen LogP contribution is -1.88. The van der Waals surface area contributed by atoms with Crippen molar-refractivity contribution in [2.75, 3.05) is 7.11 Å². The molecule has 1 rings (SSSR count). The number of halogens is 1. The zero-order valence-corrected chi connectivity index (χ0v) is 7.42. The van der Waals surface area contributed by atoms with Gasteiger partial charge in [0.2, 0.25) is 5.88 Å². The third kappa shape index (κ3) is 1.69. The Labute approximate surface area is 72.8 Å². The first kappa shape index (κ1) is 8.02. The predicted octanol–water partition coefficient (Wildman–Crippen LogP) is 1.72. The second-order valence-electron chi connectivity index (χ2n) is 1.82. The molecular formula is C7H5BrN2O. The van der Waals surface area contributed by atoms with Gasteiger partial charge < -0.3 is 4.74 Å². The second-order valence-corrected chi connectivity index (χ2v) is 2.67. The molecule has 1 aromatic heterocycles. The van der Waals surface area contributed by atoms with E-state index in [1.807, 2.05) is 6.07 Å². The van der Waals surface area contributed by atoms with Crippen molar-refractivity contribution < 1.29 is 4.74 Å². The number of hydrogen-bond acceptors (Lipinski definition) is 3. The van der Waals surface area contributed by atoms with Crippen LogP contribution in [0.25, 0.3) is 0 Å². The van der Waals surface area contributed by atoms with Crippen molar-refractivity contribution in [1.82, 2.24) is 4.98 Å². The summed E-state index contributed by atoms with van der Waals surface area (Å²) in [4.78, 5) is 3.89. The van der Waals surface area contributed by atoms with Gasteiger partial charge in [0.15, 0.2) is 0 Å². The molecule has 0 aliphatic carbocycles. The third-order valence-electron chi connectivity index (χ3n) is 1.16. The molecule has 56 valence electrons. The van der Waals surface area contributed by atoms with Crippen LogP contribution >= 0.6 is 15.9 Å². The van der Waals surface area contributed by atoms with Crippen LogP contribution in [0, 0.1) is 11.3 Å². The molecule has 4 heteroatoms. The third-order valence-corrected chi connectivity index (χ3v) is 1.79. The van der Waals surface area contributed by atoms with E-state index in [0.717, 1.165) is 0 Å². The molecule has 3 nitrogen and oxygen atoms in total. The van der Waals surface area contributed by atoms with E-state index in [9.17, 15) is 0 Å². The van der Waals surface area contributed by atoms with Gasteiger partial charge in [0.1, 0.15) is 6.07 Å². The highest BCUT2D eigenvalue weighted by Gasteiger charge is 2.00. The van der Waals surface area contributed by atoms with Gasteiger partial charge in [0.05, 0.1) is 17.1 Å². The van der Waals surface area contributed by atoms with Crippen molar-refractivity contribution in [2.45, 2.75) is 0 Å². The Morgan fingerprint density at radius 3 is 3.00 bits per heavy atom. The monoisotopic (exact) mass is 212 g/mol. The summed E-state index contributed by atoms with van der Waals surface area (Å²) in [5.74, 6) is 0.449. The summed E-state index contributed by atoms with van der Waals surface area (Å²) in [5, 5.41) is 8.58. The minimum atomic E-state index is 0.449. The van der Waals surface area contributed by atoms with Crippen LogP contribution in [0.1, 0.15) is 5.56 Å². The molecule has 0 N–H and O–H groups in total. The number of pyridine rings is 1. The van der Waals surface area contributed by atoms with Gasteiger partial charge in [-0.1, -0.05) is 0 Å². The van der Waals surface area contributed by atoms with Crippen LogP contribution < -0.4 is 4.74 Å². The lowest BCUT2D eigenvalue weighted by Gasteiger charge is -1.98. The molecular weight excluding hydrogens is 208 g/mol. The molecule has 0 aliphatic rings. The van der Waals surface area contributed by atoms with Crippen LogP contribution in [0.2, 0.25) is 0 Å². The van der Waals surface area contributed by atoms with Gasteiger partial charge in [-0.25, -0.2) is 4.98 Å². The molecule has 0 aliphatic heterocycles. The fourth-order valence-electron chi connectivity index (χ4n) is 0.617. The van der Waals surface area contributed by atoms with Crippen molar-refractivity contribution in [3.05, 3.63) is 22.3 Å². The first-order valence-electron chi connectivity index (χ1n) is 2.87. The van der Waals surface area contributed by atoms with Crippen molar-refractivity contribution in [1.29, 1.82) is 5.26 Å². The SMILES string of the molecule is COc1cc(C#N)c(Br)cn1. The topological polar surface area (TPSA) is 45.9 Å². The van der Waals surface area contributed by atoms with E-state index in [1.165, 1.54) is 13.3 Å². The highest BCUT2D eigenvalue weighted by molar-refractivity contribution is 9.10. The van der Waals surface area contributed by atoms with Gasteiger partial charge in [-0.05, 0) is 15.9 Å². The Balaban J connectivity index is 3.15. The fraction of sp³-hybridized carbons (Fsp3) is 0.143. The summed E-state index contributed by atoms with van der Waals surface area (Å²) >= 11 is 3.18. The Morgan fingerprint density at radius 1 is 1.73 bits per heavy atom. The highest BCUT2D eigenvalue weighted by Crippen LogP contribution is 2.18. The highest BCUT2D eigenvalue weighted by atomic mass is 79.9. The molecule has 0 bridgehead atoms. The van der Waals surface area contributed by atoms with Crippen LogP contribution in [0.5, 0.6) is 5.88 Å². The molecule has 1 aromatic rings. The molecule has 0 atom stereocenters. The first-order chi connectivity index (χ1) is 5.27. The number of ether oxygens (including phenoxy) is 1. The van der Waals surface area contributed by atoms with Crippen molar-refractivity contribution in [2.24, 2.45) is 0 Å². The molecule has 0 amide bonds. The number of hydrogen-bond donors (Lipinski definition) is 0. The quantitative estimate of drug-likeness (QED) is 0.713. The van der Waals surface area contributed by atoms with E-state index in [-0.39, 0.29) is 0 Å². The standard InChI is InChI=1S/C7H5BrN2O/c1-11-7-2-5(3-9)6(8)4-10-7/h2,4H,1H3. The van der Waals surface area contributed by atoms with E-state index in [1.54, 1.807) is 6.07 Å². The van der Waals surface area contributed by atoms with Crippen LogP contribution in [0.3, 0.4) is 0 Å². The first-order valence-corrected chi connectivity index (χ1v) is 3.67. The van der Waals surface area contributed by atoms with Gasteiger partial charge in [-0.2, -0.15) is 5.26 Å². The predicted molar refractivity (Wildman–Crippen MR) is 43.2 cm³/mol. The lowest BCUT2D eigenvalue weighted by molar-refractivity contribution is 0.397. The number of aromatic nitrogens is 1. The zero-order valence-electron chi connectivity index (χ0n) is 5.84. The second kappa shape index (κ2) is 3.35. The largest absolute Gasteiger partial charge is 0.481 e. The van der Waals surface area contributed by atoms with Gasteiger partial charge in [-0.3, -0.25) is 0 Å². The Bertz CT molecular complexity index is 306. The maximum Gasteiger partial charge on any atom is 0.214 e. The van der Waals surface area contributed by atoms with Crippen LogP contribution in [-0.2, 0) is 0 Å². The van der Waals surface area contributed by atoms with Gasteiger partial charge in [0.25, 0.3) is 0 Å². The summed E-state index contributed by atoms with van der Waals surface area (Å²) in [6, 6.07) is 3.58. The van der Waals surface area contributed by atoms with E-state index in [4.69, 9.17) is 10.00 Å². The Hall–Kier alpha value is -1.08. The zero-order chi connectivity index (χ0) is 8.27. The molecule has 0 aromatic carbocycles. The summed E-state index contributed by atoms with van der Waals surface area (Å²) in [6.07, 6.45) is 1.54. The van der Waals surface area contributed by atoms with Gasteiger partial charge >= 0.3 is 0 Å². The van der Waals surface area contributed by atoms with Crippen LogP contribution in [0.4, 0.5) is 0 Å². The van der Waals surface area contributed by atoms with E-state index >= 15 is 0 Å². The van der Waals surface area contributed by atoms with E-state index in [0.29, 0.717) is 15.9 Å². The molecule has 0 saturated heterocycles. The average molecular weight is 213 g/mol.